The van der Waals surface area contributed by atoms with Crippen LogP contribution in [-0.4, -0.2) is 29.7 Å². The molecule has 0 heterocycles. The van der Waals surface area contributed by atoms with Gasteiger partial charge in [-0.2, -0.15) is 0 Å². The minimum Gasteiger partial charge on any atom is -0.481 e. The molecule has 5 heteroatoms. The van der Waals surface area contributed by atoms with E-state index in [0.29, 0.717) is 18.9 Å². The van der Waals surface area contributed by atoms with Gasteiger partial charge < -0.3 is 15.7 Å². The van der Waals surface area contributed by atoms with Gasteiger partial charge in [0, 0.05) is 12.6 Å². The summed E-state index contributed by atoms with van der Waals surface area (Å²) in [6.45, 7) is 2.69. The number of hydrogen-bond acceptors (Lipinski definition) is 2. The summed E-state index contributed by atoms with van der Waals surface area (Å²) in [5.41, 5.74) is 0. The van der Waals surface area contributed by atoms with Crippen molar-refractivity contribution >= 4 is 12.0 Å². The standard InChI is InChI=1S/C14H26N2O3/c1-2-6-12(9-13(17)18)16-14(19)15-10-11-7-4-3-5-8-11/h11-12H,2-10H2,1H3,(H,17,18)(H2,15,16,19). The van der Waals surface area contributed by atoms with Crippen LogP contribution in [0.4, 0.5) is 4.79 Å². The second-order valence-corrected chi connectivity index (χ2v) is 5.44. The highest BCUT2D eigenvalue weighted by Crippen LogP contribution is 2.22. The zero-order chi connectivity index (χ0) is 14.1. The minimum absolute atomic E-state index is 0.00924. The highest BCUT2D eigenvalue weighted by Gasteiger charge is 2.17. The van der Waals surface area contributed by atoms with Gasteiger partial charge in [0.15, 0.2) is 0 Å². The van der Waals surface area contributed by atoms with Crippen LogP contribution in [0, 0.1) is 5.92 Å². The molecule has 1 atom stereocenters. The fourth-order valence-electron chi connectivity index (χ4n) is 2.65. The molecule has 0 spiro atoms. The van der Waals surface area contributed by atoms with Crippen molar-refractivity contribution in [2.75, 3.05) is 6.54 Å². The number of rotatable bonds is 7. The molecule has 0 bridgehead atoms. The first-order valence-electron chi connectivity index (χ1n) is 7.38. The van der Waals surface area contributed by atoms with Gasteiger partial charge in [-0.3, -0.25) is 4.79 Å². The van der Waals surface area contributed by atoms with Crippen LogP contribution in [0.2, 0.25) is 0 Å². The molecule has 1 saturated carbocycles. The van der Waals surface area contributed by atoms with Gasteiger partial charge >= 0.3 is 12.0 Å². The molecule has 0 aromatic rings. The maximum absolute atomic E-state index is 11.7. The fourth-order valence-corrected chi connectivity index (χ4v) is 2.65. The second-order valence-electron chi connectivity index (χ2n) is 5.44. The third-order valence-corrected chi connectivity index (χ3v) is 3.67. The van der Waals surface area contributed by atoms with Crippen molar-refractivity contribution in [2.24, 2.45) is 5.92 Å². The number of carboxylic acid groups (broad SMARTS) is 1. The van der Waals surface area contributed by atoms with E-state index in [1.54, 1.807) is 0 Å². The Morgan fingerprint density at radius 3 is 2.53 bits per heavy atom. The molecule has 0 aromatic heterocycles. The SMILES string of the molecule is CCCC(CC(=O)O)NC(=O)NCC1CCCCC1. The average Bonchev–Trinajstić information content (AvgIpc) is 2.37. The van der Waals surface area contributed by atoms with Crippen molar-refractivity contribution in [2.45, 2.75) is 64.3 Å². The topological polar surface area (TPSA) is 78.4 Å². The lowest BCUT2D eigenvalue weighted by molar-refractivity contribution is -0.137. The van der Waals surface area contributed by atoms with Gasteiger partial charge in [0.1, 0.15) is 0 Å². The summed E-state index contributed by atoms with van der Waals surface area (Å²) in [5, 5.41) is 14.4. The van der Waals surface area contributed by atoms with Gasteiger partial charge in [-0.1, -0.05) is 32.6 Å². The lowest BCUT2D eigenvalue weighted by Crippen LogP contribution is -2.44. The van der Waals surface area contributed by atoms with Crippen LogP contribution in [0.1, 0.15) is 58.3 Å². The Bertz CT molecular complexity index is 288. The first-order valence-corrected chi connectivity index (χ1v) is 7.38. The van der Waals surface area contributed by atoms with E-state index >= 15 is 0 Å². The largest absolute Gasteiger partial charge is 0.481 e. The summed E-state index contributed by atoms with van der Waals surface area (Å²) in [5.74, 6) is -0.283. The lowest BCUT2D eigenvalue weighted by Gasteiger charge is -2.23. The second kappa shape index (κ2) is 8.77. The van der Waals surface area contributed by atoms with E-state index in [2.05, 4.69) is 10.6 Å². The molecule has 0 aromatic carbocycles. The maximum Gasteiger partial charge on any atom is 0.315 e. The van der Waals surface area contributed by atoms with Gasteiger partial charge in [0.2, 0.25) is 0 Å². The normalized spacial score (nSPS) is 17.7. The van der Waals surface area contributed by atoms with Gasteiger partial charge in [0.25, 0.3) is 0 Å². The Labute approximate surface area is 115 Å². The van der Waals surface area contributed by atoms with E-state index in [1.807, 2.05) is 6.92 Å². The molecular formula is C14H26N2O3. The Kier molecular flexibility index (Phi) is 7.30. The van der Waals surface area contributed by atoms with Crippen molar-refractivity contribution in [1.29, 1.82) is 0 Å². The molecule has 19 heavy (non-hydrogen) atoms. The number of urea groups is 1. The van der Waals surface area contributed by atoms with E-state index < -0.39 is 5.97 Å². The first kappa shape index (κ1) is 15.8. The van der Waals surface area contributed by atoms with Crippen LogP contribution < -0.4 is 10.6 Å². The molecule has 1 unspecified atom stereocenters. The predicted molar refractivity (Wildman–Crippen MR) is 74.1 cm³/mol. The van der Waals surface area contributed by atoms with E-state index in [9.17, 15) is 9.59 Å². The number of amides is 2. The third-order valence-electron chi connectivity index (χ3n) is 3.67. The average molecular weight is 270 g/mol. The molecule has 2 amide bonds. The lowest BCUT2D eigenvalue weighted by atomic mass is 9.89. The van der Waals surface area contributed by atoms with E-state index in [0.717, 1.165) is 6.42 Å². The molecule has 1 aliphatic carbocycles. The van der Waals surface area contributed by atoms with Gasteiger partial charge in [0.05, 0.1) is 6.42 Å². The van der Waals surface area contributed by atoms with E-state index in [4.69, 9.17) is 5.11 Å². The first-order chi connectivity index (χ1) is 9.11. The summed E-state index contributed by atoms with van der Waals surface area (Å²) in [6.07, 6.45) is 7.74. The zero-order valence-corrected chi connectivity index (χ0v) is 11.8. The molecule has 0 radical (unpaired) electrons. The maximum atomic E-state index is 11.7. The van der Waals surface area contributed by atoms with Gasteiger partial charge in [-0.25, -0.2) is 4.79 Å². The number of hydrogen-bond donors (Lipinski definition) is 3. The highest BCUT2D eigenvalue weighted by molar-refractivity contribution is 5.75. The smallest absolute Gasteiger partial charge is 0.315 e. The summed E-state index contributed by atoms with van der Waals surface area (Å²) in [4.78, 5) is 22.4. The zero-order valence-electron chi connectivity index (χ0n) is 11.8. The summed E-state index contributed by atoms with van der Waals surface area (Å²) in [6, 6.07) is -0.501. The Morgan fingerprint density at radius 1 is 1.26 bits per heavy atom. The summed E-state index contributed by atoms with van der Waals surface area (Å²) in [7, 11) is 0. The van der Waals surface area contributed by atoms with Crippen LogP contribution in [-0.2, 0) is 4.79 Å². The molecule has 1 rings (SSSR count). The fraction of sp³-hybridized carbons (Fsp3) is 0.857. The van der Waals surface area contributed by atoms with Crippen LogP contribution in [0.5, 0.6) is 0 Å². The number of aliphatic carboxylic acids is 1. The number of carbonyl (C=O) groups excluding carboxylic acids is 1. The number of nitrogens with one attached hydrogen (secondary N) is 2. The van der Waals surface area contributed by atoms with Crippen LogP contribution >= 0.6 is 0 Å². The Morgan fingerprint density at radius 2 is 1.95 bits per heavy atom. The number of carboxylic acids is 1. The van der Waals surface area contributed by atoms with Crippen molar-refractivity contribution in [3.8, 4) is 0 Å². The van der Waals surface area contributed by atoms with E-state index in [1.165, 1.54) is 32.1 Å². The van der Waals surface area contributed by atoms with Crippen molar-refractivity contribution < 1.29 is 14.7 Å². The van der Waals surface area contributed by atoms with Crippen molar-refractivity contribution in [1.82, 2.24) is 10.6 Å². The molecule has 0 aliphatic heterocycles. The van der Waals surface area contributed by atoms with Gasteiger partial charge in [-0.15, -0.1) is 0 Å². The predicted octanol–water partition coefficient (Wildman–Crippen LogP) is 2.51. The molecular weight excluding hydrogens is 244 g/mol. The summed E-state index contributed by atoms with van der Waals surface area (Å²) < 4.78 is 0. The van der Waals surface area contributed by atoms with Gasteiger partial charge in [-0.05, 0) is 25.2 Å². The molecule has 1 fully saturated rings. The monoisotopic (exact) mass is 270 g/mol. The van der Waals surface area contributed by atoms with Crippen molar-refractivity contribution in [3.05, 3.63) is 0 Å². The molecule has 3 N–H and O–H groups in total. The van der Waals surface area contributed by atoms with Crippen molar-refractivity contribution in [3.63, 3.8) is 0 Å². The Hall–Kier alpha value is -1.26. The molecule has 1 aliphatic rings. The molecule has 5 nitrogen and oxygen atoms in total. The molecule has 0 saturated heterocycles. The van der Waals surface area contributed by atoms with Crippen LogP contribution in [0.15, 0.2) is 0 Å². The van der Waals surface area contributed by atoms with E-state index in [-0.39, 0.29) is 18.5 Å². The number of carbonyl (C=O) groups is 2. The van der Waals surface area contributed by atoms with Crippen LogP contribution in [0.3, 0.4) is 0 Å². The minimum atomic E-state index is -0.869. The molecule has 110 valence electrons. The third kappa shape index (κ3) is 7.03. The Balaban J connectivity index is 2.24. The van der Waals surface area contributed by atoms with Crippen LogP contribution in [0.25, 0.3) is 0 Å². The summed E-state index contributed by atoms with van der Waals surface area (Å²) >= 11 is 0. The highest BCUT2D eigenvalue weighted by atomic mass is 16.4. The quantitative estimate of drug-likeness (QED) is 0.665.